The highest BCUT2D eigenvalue weighted by Gasteiger charge is 2.23. The van der Waals surface area contributed by atoms with E-state index in [1.165, 1.54) is 38.9 Å². The van der Waals surface area contributed by atoms with Gasteiger partial charge in [0.1, 0.15) is 0 Å². The summed E-state index contributed by atoms with van der Waals surface area (Å²) in [6, 6.07) is 0. The number of hydrogen-bond donors (Lipinski definition) is 0. The molecule has 0 aromatic heterocycles. The molecule has 0 spiro atoms. The van der Waals surface area contributed by atoms with Crippen LogP contribution in [0.4, 0.5) is 0 Å². The molecule has 0 saturated carbocycles. The molecule has 25 heavy (non-hydrogen) atoms. The minimum atomic E-state index is -0.0196. The Morgan fingerprint density at radius 2 is 1.32 bits per heavy atom. The van der Waals surface area contributed by atoms with E-state index >= 15 is 0 Å². The lowest BCUT2D eigenvalue weighted by atomic mass is 10.1. The topological polar surface area (TPSA) is 30.9 Å². The van der Waals surface area contributed by atoms with Crippen molar-refractivity contribution in [2.24, 2.45) is 0 Å². The molecule has 1 rings (SSSR count). The summed E-state index contributed by atoms with van der Waals surface area (Å²) in [5.41, 5.74) is -0.0305. The lowest BCUT2D eigenvalue weighted by Gasteiger charge is -2.35. The van der Waals surface area contributed by atoms with E-state index in [4.69, 9.17) is 14.2 Å². The van der Waals surface area contributed by atoms with Crippen molar-refractivity contribution < 1.29 is 14.2 Å². The Kier molecular flexibility index (Phi) is 10.6. The first-order valence-electron chi connectivity index (χ1n) is 10.3. The SMILES string of the molecule is CC(C)(C)OCCCCOCCCCN1CCC(OC(C)(C)C)CC1. The van der Waals surface area contributed by atoms with Crippen molar-refractivity contribution in [2.45, 2.75) is 97.4 Å². The fraction of sp³-hybridized carbons (Fsp3) is 1.00. The van der Waals surface area contributed by atoms with E-state index in [2.05, 4.69) is 46.4 Å². The molecule has 150 valence electrons. The Balaban J connectivity index is 1.88. The summed E-state index contributed by atoms with van der Waals surface area (Å²) in [4.78, 5) is 2.58. The van der Waals surface area contributed by atoms with Gasteiger partial charge in [-0.05, 0) is 86.6 Å². The summed E-state index contributed by atoms with van der Waals surface area (Å²) in [7, 11) is 0. The molecule has 0 amide bonds. The third-order valence-electron chi connectivity index (χ3n) is 4.29. The van der Waals surface area contributed by atoms with Crippen molar-refractivity contribution in [3.8, 4) is 0 Å². The molecule has 1 aliphatic heterocycles. The van der Waals surface area contributed by atoms with Gasteiger partial charge in [0, 0.05) is 32.9 Å². The van der Waals surface area contributed by atoms with Gasteiger partial charge in [-0.25, -0.2) is 0 Å². The predicted molar refractivity (Wildman–Crippen MR) is 105 cm³/mol. The highest BCUT2D eigenvalue weighted by atomic mass is 16.5. The molecular weight excluding hydrogens is 314 g/mol. The lowest BCUT2D eigenvalue weighted by Crippen LogP contribution is -2.40. The molecule has 0 aromatic carbocycles. The van der Waals surface area contributed by atoms with Gasteiger partial charge in [-0.15, -0.1) is 0 Å². The smallest absolute Gasteiger partial charge is 0.0606 e. The van der Waals surface area contributed by atoms with E-state index in [-0.39, 0.29) is 11.2 Å². The molecule has 1 fully saturated rings. The minimum Gasteiger partial charge on any atom is -0.381 e. The Hall–Kier alpha value is -0.160. The lowest BCUT2D eigenvalue weighted by molar-refractivity contribution is -0.0821. The van der Waals surface area contributed by atoms with Gasteiger partial charge in [-0.2, -0.15) is 0 Å². The summed E-state index contributed by atoms with van der Waals surface area (Å²) in [6.45, 7) is 18.9. The van der Waals surface area contributed by atoms with Crippen LogP contribution in [-0.4, -0.2) is 61.7 Å². The zero-order chi connectivity index (χ0) is 18.8. The maximum absolute atomic E-state index is 6.09. The predicted octanol–water partition coefficient (Wildman–Crippen LogP) is 4.66. The first-order chi connectivity index (χ1) is 11.7. The van der Waals surface area contributed by atoms with E-state index in [0.717, 1.165) is 39.1 Å². The maximum Gasteiger partial charge on any atom is 0.0606 e. The normalized spacial score (nSPS) is 18.0. The fourth-order valence-corrected chi connectivity index (χ4v) is 3.08. The van der Waals surface area contributed by atoms with Gasteiger partial charge in [0.2, 0.25) is 0 Å². The minimum absolute atomic E-state index is 0.0109. The van der Waals surface area contributed by atoms with Crippen LogP contribution in [0.3, 0.4) is 0 Å². The van der Waals surface area contributed by atoms with Crippen molar-refractivity contribution in [2.75, 3.05) is 39.5 Å². The van der Waals surface area contributed by atoms with Crippen LogP contribution in [0.15, 0.2) is 0 Å². The molecule has 0 atom stereocenters. The van der Waals surface area contributed by atoms with Gasteiger partial charge >= 0.3 is 0 Å². The number of rotatable bonds is 11. The van der Waals surface area contributed by atoms with Crippen LogP contribution in [0.5, 0.6) is 0 Å². The number of unbranched alkanes of at least 4 members (excludes halogenated alkanes) is 2. The third-order valence-corrected chi connectivity index (χ3v) is 4.29. The van der Waals surface area contributed by atoms with Crippen molar-refractivity contribution in [1.82, 2.24) is 4.90 Å². The van der Waals surface area contributed by atoms with E-state index < -0.39 is 0 Å². The Labute approximate surface area is 156 Å². The Morgan fingerprint density at radius 1 is 0.760 bits per heavy atom. The molecule has 0 bridgehead atoms. The van der Waals surface area contributed by atoms with Crippen LogP contribution in [0.25, 0.3) is 0 Å². The molecule has 1 saturated heterocycles. The molecular formula is C21H43NO3. The van der Waals surface area contributed by atoms with Crippen LogP contribution >= 0.6 is 0 Å². The standard InChI is InChI=1S/C21H43NO3/c1-20(2,3)24-18-10-9-17-23-16-8-7-13-22-14-11-19(12-15-22)25-21(4,5)6/h19H,7-18H2,1-6H3. The molecule has 4 heteroatoms. The highest BCUT2D eigenvalue weighted by Crippen LogP contribution is 2.20. The van der Waals surface area contributed by atoms with Crippen molar-refractivity contribution >= 4 is 0 Å². The van der Waals surface area contributed by atoms with Gasteiger partial charge < -0.3 is 19.1 Å². The molecule has 4 nitrogen and oxygen atoms in total. The first-order valence-corrected chi connectivity index (χ1v) is 10.3. The third kappa shape index (κ3) is 13.7. The van der Waals surface area contributed by atoms with Crippen LogP contribution in [0.1, 0.15) is 80.1 Å². The van der Waals surface area contributed by atoms with Crippen LogP contribution < -0.4 is 0 Å². The second-order valence-electron chi connectivity index (χ2n) is 9.26. The van der Waals surface area contributed by atoms with Crippen molar-refractivity contribution in [3.63, 3.8) is 0 Å². The molecule has 0 aliphatic carbocycles. The summed E-state index contributed by atoms with van der Waals surface area (Å²) in [5.74, 6) is 0. The Morgan fingerprint density at radius 3 is 1.88 bits per heavy atom. The first kappa shape index (κ1) is 22.9. The summed E-state index contributed by atoms with van der Waals surface area (Å²) >= 11 is 0. The van der Waals surface area contributed by atoms with Gasteiger partial charge in [-0.3, -0.25) is 0 Å². The van der Waals surface area contributed by atoms with Crippen molar-refractivity contribution in [1.29, 1.82) is 0 Å². The fourth-order valence-electron chi connectivity index (χ4n) is 3.08. The average molecular weight is 358 g/mol. The Bertz CT molecular complexity index is 325. The van der Waals surface area contributed by atoms with E-state index in [1.807, 2.05) is 0 Å². The maximum atomic E-state index is 6.09. The number of nitrogens with zero attached hydrogens (tertiary/aromatic N) is 1. The van der Waals surface area contributed by atoms with Gasteiger partial charge in [0.15, 0.2) is 0 Å². The van der Waals surface area contributed by atoms with Crippen LogP contribution in [0, 0.1) is 0 Å². The van der Waals surface area contributed by atoms with Gasteiger partial charge in [-0.1, -0.05) is 0 Å². The van der Waals surface area contributed by atoms with Crippen LogP contribution in [-0.2, 0) is 14.2 Å². The zero-order valence-corrected chi connectivity index (χ0v) is 17.7. The molecule has 0 radical (unpaired) electrons. The molecule has 1 aliphatic rings. The summed E-state index contributed by atoms with van der Waals surface area (Å²) in [5, 5.41) is 0. The van der Waals surface area contributed by atoms with E-state index in [0.29, 0.717) is 6.10 Å². The monoisotopic (exact) mass is 357 g/mol. The highest BCUT2D eigenvalue weighted by molar-refractivity contribution is 4.75. The van der Waals surface area contributed by atoms with Crippen LogP contribution in [0.2, 0.25) is 0 Å². The van der Waals surface area contributed by atoms with E-state index in [9.17, 15) is 0 Å². The number of likely N-dealkylation sites (tertiary alicyclic amines) is 1. The second-order valence-corrected chi connectivity index (χ2v) is 9.26. The summed E-state index contributed by atoms with van der Waals surface area (Å²) in [6.07, 6.45) is 7.37. The molecule has 0 N–H and O–H groups in total. The number of piperidine rings is 1. The summed E-state index contributed by atoms with van der Waals surface area (Å²) < 4.78 is 17.5. The van der Waals surface area contributed by atoms with E-state index in [1.54, 1.807) is 0 Å². The molecule has 0 unspecified atom stereocenters. The quantitative estimate of drug-likeness (QED) is 0.503. The number of hydrogen-bond acceptors (Lipinski definition) is 4. The van der Waals surface area contributed by atoms with Crippen molar-refractivity contribution in [3.05, 3.63) is 0 Å². The second kappa shape index (κ2) is 11.5. The molecule has 0 aromatic rings. The largest absolute Gasteiger partial charge is 0.381 e. The zero-order valence-electron chi connectivity index (χ0n) is 17.7. The van der Waals surface area contributed by atoms with Gasteiger partial charge in [0.05, 0.1) is 17.3 Å². The number of ether oxygens (including phenoxy) is 3. The van der Waals surface area contributed by atoms with Gasteiger partial charge in [0.25, 0.3) is 0 Å². The molecule has 1 heterocycles. The average Bonchev–Trinajstić information content (AvgIpc) is 2.48.